The fourth-order valence-corrected chi connectivity index (χ4v) is 3.07. The van der Waals surface area contributed by atoms with Crippen LogP contribution < -0.4 is 10.7 Å². The minimum Gasteiger partial charge on any atom is -0.322 e. The van der Waals surface area contributed by atoms with Gasteiger partial charge in [0.15, 0.2) is 0 Å². The van der Waals surface area contributed by atoms with E-state index in [-0.39, 0.29) is 16.5 Å². The number of amides is 2. The van der Waals surface area contributed by atoms with Gasteiger partial charge in [0.2, 0.25) is 0 Å². The van der Waals surface area contributed by atoms with E-state index in [0.717, 1.165) is 0 Å². The first-order chi connectivity index (χ1) is 14.3. The lowest BCUT2D eigenvalue weighted by Crippen LogP contribution is -2.20. The van der Waals surface area contributed by atoms with Gasteiger partial charge in [-0.1, -0.05) is 47.5 Å². The van der Waals surface area contributed by atoms with Crippen LogP contribution in [-0.2, 0) is 0 Å². The lowest BCUT2D eigenvalue weighted by atomic mass is 10.1. The Kier molecular flexibility index (Phi) is 6.82. The second kappa shape index (κ2) is 9.52. The summed E-state index contributed by atoms with van der Waals surface area (Å²) in [5.41, 5.74) is 4.33. The monoisotopic (exact) mass is 443 g/mol. The van der Waals surface area contributed by atoms with Gasteiger partial charge in [-0.05, 0) is 55.0 Å². The SMILES string of the molecule is CC(=NNC(=O)c1ccccc1F)c1ccc(NC(=O)c2ccc(Cl)cc2Cl)cc1. The van der Waals surface area contributed by atoms with Gasteiger partial charge in [-0.25, -0.2) is 9.82 Å². The summed E-state index contributed by atoms with van der Waals surface area (Å²) in [6, 6.07) is 17.1. The molecule has 0 atom stereocenters. The van der Waals surface area contributed by atoms with Crippen molar-refractivity contribution in [1.82, 2.24) is 5.43 Å². The van der Waals surface area contributed by atoms with Crippen LogP contribution in [0, 0.1) is 5.82 Å². The van der Waals surface area contributed by atoms with E-state index in [2.05, 4.69) is 15.8 Å². The van der Waals surface area contributed by atoms with Crippen LogP contribution in [-0.4, -0.2) is 17.5 Å². The first-order valence-electron chi connectivity index (χ1n) is 8.81. The van der Waals surface area contributed by atoms with E-state index in [1.165, 1.54) is 24.3 Å². The Morgan fingerprint density at radius 2 is 1.60 bits per heavy atom. The van der Waals surface area contributed by atoms with Gasteiger partial charge in [-0.15, -0.1) is 0 Å². The predicted octanol–water partition coefficient (Wildman–Crippen LogP) is 5.54. The molecule has 3 aromatic rings. The van der Waals surface area contributed by atoms with Crippen LogP contribution in [0.15, 0.2) is 71.8 Å². The van der Waals surface area contributed by atoms with E-state index in [1.807, 2.05) is 0 Å². The highest BCUT2D eigenvalue weighted by Gasteiger charge is 2.12. The van der Waals surface area contributed by atoms with Crippen molar-refractivity contribution in [2.75, 3.05) is 5.32 Å². The van der Waals surface area contributed by atoms with Crippen molar-refractivity contribution < 1.29 is 14.0 Å². The molecule has 0 radical (unpaired) electrons. The molecule has 0 saturated carbocycles. The summed E-state index contributed by atoms with van der Waals surface area (Å²) >= 11 is 11.9. The van der Waals surface area contributed by atoms with Crippen molar-refractivity contribution in [3.05, 3.63) is 99.3 Å². The molecular weight excluding hydrogens is 428 g/mol. The molecule has 0 aliphatic heterocycles. The van der Waals surface area contributed by atoms with Crippen molar-refractivity contribution in [2.24, 2.45) is 5.10 Å². The van der Waals surface area contributed by atoms with Crippen molar-refractivity contribution in [3.63, 3.8) is 0 Å². The molecule has 0 aromatic heterocycles. The van der Waals surface area contributed by atoms with E-state index in [9.17, 15) is 14.0 Å². The number of hydrogen-bond acceptors (Lipinski definition) is 3. The normalized spacial score (nSPS) is 11.1. The maximum absolute atomic E-state index is 13.6. The molecule has 3 aromatic carbocycles. The fourth-order valence-electron chi connectivity index (χ4n) is 2.57. The molecule has 30 heavy (non-hydrogen) atoms. The zero-order valence-corrected chi connectivity index (χ0v) is 17.3. The van der Waals surface area contributed by atoms with E-state index < -0.39 is 11.7 Å². The number of nitrogens with zero attached hydrogens (tertiary/aromatic N) is 1. The highest BCUT2D eigenvalue weighted by molar-refractivity contribution is 6.37. The third-order valence-corrected chi connectivity index (χ3v) is 4.73. The van der Waals surface area contributed by atoms with Gasteiger partial charge >= 0.3 is 0 Å². The lowest BCUT2D eigenvalue weighted by Gasteiger charge is -2.08. The number of benzene rings is 3. The van der Waals surface area contributed by atoms with Gasteiger partial charge in [-0.3, -0.25) is 9.59 Å². The molecule has 0 aliphatic carbocycles. The highest BCUT2D eigenvalue weighted by Crippen LogP contribution is 2.22. The Labute approximate surface area is 182 Å². The zero-order chi connectivity index (χ0) is 21.7. The van der Waals surface area contributed by atoms with Crippen LogP contribution >= 0.6 is 23.2 Å². The number of hydrazone groups is 1. The van der Waals surface area contributed by atoms with Gasteiger partial charge in [0, 0.05) is 10.7 Å². The highest BCUT2D eigenvalue weighted by atomic mass is 35.5. The van der Waals surface area contributed by atoms with Crippen LogP contribution in [0.4, 0.5) is 10.1 Å². The molecule has 0 unspecified atom stereocenters. The molecule has 0 heterocycles. The van der Waals surface area contributed by atoms with Crippen molar-refractivity contribution in [2.45, 2.75) is 6.92 Å². The molecule has 0 spiro atoms. The minimum atomic E-state index is -0.642. The summed E-state index contributed by atoms with van der Waals surface area (Å²) < 4.78 is 13.6. The van der Waals surface area contributed by atoms with Crippen LogP contribution in [0.2, 0.25) is 10.0 Å². The minimum absolute atomic E-state index is 0.0898. The maximum atomic E-state index is 13.6. The van der Waals surface area contributed by atoms with Crippen LogP contribution in [0.1, 0.15) is 33.2 Å². The van der Waals surface area contributed by atoms with Crippen molar-refractivity contribution in [1.29, 1.82) is 0 Å². The summed E-state index contributed by atoms with van der Waals surface area (Å²) in [6.45, 7) is 1.70. The van der Waals surface area contributed by atoms with Crippen LogP contribution in [0.3, 0.4) is 0 Å². The quantitative estimate of drug-likeness (QED) is 0.401. The summed E-state index contributed by atoms with van der Waals surface area (Å²) in [7, 11) is 0. The molecule has 0 aliphatic rings. The molecule has 5 nitrogen and oxygen atoms in total. The van der Waals surface area contributed by atoms with E-state index >= 15 is 0 Å². The Morgan fingerprint density at radius 1 is 0.900 bits per heavy atom. The first kappa shape index (κ1) is 21.5. The summed E-state index contributed by atoms with van der Waals surface area (Å²) in [6.07, 6.45) is 0. The van der Waals surface area contributed by atoms with E-state index in [1.54, 1.807) is 49.4 Å². The molecule has 0 bridgehead atoms. The number of rotatable bonds is 5. The number of carbonyl (C=O) groups is 2. The average molecular weight is 444 g/mol. The van der Waals surface area contributed by atoms with E-state index in [0.29, 0.717) is 27.5 Å². The van der Waals surface area contributed by atoms with Gasteiger partial charge < -0.3 is 5.32 Å². The summed E-state index contributed by atoms with van der Waals surface area (Å²) in [5, 5.41) is 7.45. The van der Waals surface area contributed by atoms with Gasteiger partial charge in [0.1, 0.15) is 5.82 Å². The largest absolute Gasteiger partial charge is 0.322 e. The molecule has 0 saturated heterocycles. The standard InChI is InChI=1S/C22H16Cl2FN3O2/c1-13(27-28-22(30)18-4-2-3-5-20(18)25)14-6-9-16(10-7-14)26-21(29)17-11-8-15(23)12-19(17)24/h2-12H,1H3,(H,26,29)(H,28,30). The number of hydrogen-bond donors (Lipinski definition) is 2. The number of carbonyl (C=O) groups excluding carboxylic acids is 2. The molecule has 0 fully saturated rings. The predicted molar refractivity (Wildman–Crippen MR) is 117 cm³/mol. The number of anilines is 1. The lowest BCUT2D eigenvalue weighted by molar-refractivity contribution is 0.0950. The fraction of sp³-hybridized carbons (Fsp3) is 0.0455. The first-order valence-corrected chi connectivity index (χ1v) is 9.57. The molecule has 152 valence electrons. The van der Waals surface area contributed by atoms with Crippen molar-refractivity contribution in [3.8, 4) is 0 Å². The maximum Gasteiger partial charge on any atom is 0.274 e. The molecule has 8 heteroatoms. The second-order valence-electron chi connectivity index (χ2n) is 6.27. The van der Waals surface area contributed by atoms with E-state index in [4.69, 9.17) is 23.2 Å². The Morgan fingerprint density at radius 3 is 2.27 bits per heavy atom. The Bertz CT molecular complexity index is 1130. The van der Waals surface area contributed by atoms with Gasteiger partial charge in [-0.2, -0.15) is 5.10 Å². The third-order valence-electron chi connectivity index (χ3n) is 4.18. The topological polar surface area (TPSA) is 70.6 Å². The third kappa shape index (κ3) is 5.23. The van der Waals surface area contributed by atoms with Gasteiger partial charge in [0.25, 0.3) is 11.8 Å². The molecule has 2 N–H and O–H groups in total. The smallest absolute Gasteiger partial charge is 0.274 e. The van der Waals surface area contributed by atoms with Crippen LogP contribution in [0.5, 0.6) is 0 Å². The zero-order valence-electron chi connectivity index (χ0n) is 15.7. The molecule has 2 amide bonds. The molecular formula is C22H16Cl2FN3O2. The van der Waals surface area contributed by atoms with Crippen molar-refractivity contribution >= 4 is 46.4 Å². The summed E-state index contributed by atoms with van der Waals surface area (Å²) in [5.74, 6) is -1.63. The number of halogens is 3. The second-order valence-corrected chi connectivity index (χ2v) is 7.12. The average Bonchev–Trinajstić information content (AvgIpc) is 2.72. The summed E-state index contributed by atoms with van der Waals surface area (Å²) in [4.78, 5) is 24.4. The molecule has 3 rings (SSSR count). The number of nitrogens with one attached hydrogen (secondary N) is 2. The van der Waals surface area contributed by atoms with Crippen LogP contribution in [0.25, 0.3) is 0 Å². The Hall–Kier alpha value is -3.22. The van der Waals surface area contributed by atoms with Gasteiger partial charge in [0.05, 0.1) is 21.9 Å². The Balaban J connectivity index is 1.66.